The first-order valence-corrected chi connectivity index (χ1v) is 5.86. The predicted octanol–water partition coefficient (Wildman–Crippen LogP) is 0.0695. The van der Waals surface area contributed by atoms with Crippen LogP contribution in [0.2, 0.25) is 0 Å². The summed E-state index contributed by atoms with van der Waals surface area (Å²) in [5, 5.41) is 19.0. The summed E-state index contributed by atoms with van der Waals surface area (Å²) in [5.41, 5.74) is -0.863. The summed E-state index contributed by atoms with van der Waals surface area (Å²) in [4.78, 5) is 14.0. The average molecular weight is 246 g/mol. The van der Waals surface area contributed by atoms with Crippen LogP contribution < -0.4 is 0 Å². The van der Waals surface area contributed by atoms with Gasteiger partial charge in [0.1, 0.15) is 0 Å². The number of hydrogen-bond acceptors (Lipinski definition) is 4. The molecule has 6 heteroatoms. The number of aliphatic hydroxyl groups is 1. The number of nitrogens with zero attached hydrogens (tertiary/aromatic N) is 2. The number of piperidine rings is 1. The van der Waals surface area contributed by atoms with Crippen LogP contribution in [0, 0.1) is 0 Å². The van der Waals surface area contributed by atoms with Gasteiger partial charge in [-0.15, -0.1) is 0 Å². The highest BCUT2D eigenvalue weighted by Gasteiger charge is 2.34. The smallest absolute Gasteiger partial charge is 0.407 e. The molecular weight excluding hydrogens is 224 g/mol. The van der Waals surface area contributed by atoms with Crippen molar-refractivity contribution in [2.45, 2.75) is 18.4 Å². The van der Waals surface area contributed by atoms with Gasteiger partial charge in [0.15, 0.2) is 0 Å². The van der Waals surface area contributed by atoms with Gasteiger partial charge >= 0.3 is 6.09 Å². The molecular formula is C11H22N2O4. The van der Waals surface area contributed by atoms with E-state index in [9.17, 15) is 9.90 Å². The minimum atomic E-state index is -0.916. The molecule has 1 heterocycles. The van der Waals surface area contributed by atoms with Crippen molar-refractivity contribution >= 4 is 6.09 Å². The first-order valence-electron chi connectivity index (χ1n) is 5.86. The van der Waals surface area contributed by atoms with Gasteiger partial charge in [-0.05, 0) is 26.9 Å². The predicted molar refractivity (Wildman–Crippen MR) is 63.2 cm³/mol. The van der Waals surface area contributed by atoms with E-state index in [-0.39, 0.29) is 6.61 Å². The van der Waals surface area contributed by atoms with Gasteiger partial charge in [0.05, 0.1) is 18.8 Å². The number of carboxylic acid groups (broad SMARTS) is 1. The van der Waals surface area contributed by atoms with E-state index in [0.29, 0.717) is 32.5 Å². The minimum Gasteiger partial charge on any atom is -0.465 e. The lowest BCUT2D eigenvalue weighted by Gasteiger charge is -2.36. The first kappa shape index (κ1) is 14.2. The van der Waals surface area contributed by atoms with Crippen LogP contribution in [0.5, 0.6) is 0 Å². The van der Waals surface area contributed by atoms with E-state index < -0.39 is 11.7 Å². The van der Waals surface area contributed by atoms with E-state index in [0.717, 1.165) is 6.54 Å². The van der Waals surface area contributed by atoms with E-state index in [1.54, 1.807) is 0 Å². The standard InChI is InChI=1S/C11H22N2O4/c1-12(2)7-8-17-9-11(16)3-5-13(6-4-11)10(14)15/h16H,3-9H2,1-2H3,(H,14,15). The molecule has 0 unspecified atom stereocenters. The minimum absolute atomic E-state index is 0.286. The van der Waals surface area contributed by atoms with Crippen molar-refractivity contribution in [3.63, 3.8) is 0 Å². The molecule has 0 radical (unpaired) electrons. The second-order valence-corrected chi connectivity index (χ2v) is 4.85. The van der Waals surface area contributed by atoms with Crippen molar-refractivity contribution in [3.8, 4) is 0 Å². The van der Waals surface area contributed by atoms with Gasteiger partial charge in [-0.2, -0.15) is 0 Å². The van der Waals surface area contributed by atoms with Crippen LogP contribution in [-0.2, 0) is 4.74 Å². The molecule has 0 bridgehead atoms. The molecule has 0 aromatic carbocycles. The Bertz CT molecular complexity index is 250. The van der Waals surface area contributed by atoms with Crippen LogP contribution in [0.15, 0.2) is 0 Å². The number of rotatable bonds is 5. The maximum Gasteiger partial charge on any atom is 0.407 e. The monoisotopic (exact) mass is 246 g/mol. The van der Waals surface area contributed by atoms with Gasteiger partial charge in [-0.3, -0.25) is 0 Å². The van der Waals surface area contributed by atoms with E-state index >= 15 is 0 Å². The Morgan fingerprint density at radius 1 is 1.41 bits per heavy atom. The number of amides is 1. The molecule has 1 fully saturated rings. The second kappa shape index (κ2) is 6.18. The molecule has 0 aliphatic carbocycles. The Morgan fingerprint density at radius 2 is 2.00 bits per heavy atom. The third kappa shape index (κ3) is 4.89. The number of likely N-dealkylation sites (tertiary alicyclic amines) is 1. The summed E-state index contributed by atoms with van der Waals surface area (Å²) in [7, 11) is 3.92. The Hall–Kier alpha value is -0.850. The van der Waals surface area contributed by atoms with Crippen molar-refractivity contribution in [3.05, 3.63) is 0 Å². The molecule has 1 aliphatic rings. The molecule has 100 valence electrons. The van der Waals surface area contributed by atoms with Crippen molar-refractivity contribution in [2.75, 3.05) is 46.9 Å². The van der Waals surface area contributed by atoms with Gasteiger partial charge in [0.2, 0.25) is 0 Å². The third-order valence-corrected chi connectivity index (χ3v) is 3.02. The number of likely N-dealkylation sites (N-methyl/N-ethyl adjacent to an activating group) is 1. The maximum atomic E-state index is 10.7. The molecule has 6 nitrogen and oxygen atoms in total. The van der Waals surface area contributed by atoms with Crippen molar-refractivity contribution in [2.24, 2.45) is 0 Å². The maximum absolute atomic E-state index is 10.7. The normalized spacial score (nSPS) is 19.6. The summed E-state index contributed by atoms with van der Waals surface area (Å²) in [5.74, 6) is 0. The van der Waals surface area contributed by atoms with Gasteiger partial charge in [-0.1, -0.05) is 0 Å². The Kier molecular flexibility index (Phi) is 5.17. The lowest BCUT2D eigenvalue weighted by atomic mass is 9.92. The molecule has 1 rings (SSSR count). The molecule has 0 saturated carbocycles. The van der Waals surface area contributed by atoms with E-state index in [2.05, 4.69) is 0 Å². The van der Waals surface area contributed by atoms with Crippen LogP contribution in [0.3, 0.4) is 0 Å². The molecule has 0 spiro atoms. The molecule has 17 heavy (non-hydrogen) atoms. The fraction of sp³-hybridized carbons (Fsp3) is 0.909. The fourth-order valence-electron chi connectivity index (χ4n) is 1.77. The quantitative estimate of drug-likeness (QED) is 0.672. The number of ether oxygens (including phenoxy) is 1. The molecule has 1 amide bonds. The average Bonchev–Trinajstić information content (AvgIpc) is 2.25. The molecule has 0 aromatic rings. The van der Waals surface area contributed by atoms with E-state index in [1.807, 2.05) is 19.0 Å². The highest BCUT2D eigenvalue weighted by Crippen LogP contribution is 2.22. The van der Waals surface area contributed by atoms with Gasteiger partial charge in [0, 0.05) is 19.6 Å². The summed E-state index contributed by atoms with van der Waals surface area (Å²) in [6.07, 6.45) is -0.0247. The van der Waals surface area contributed by atoms with Gasteiger partial charge < -0.3 is 24.7 Å². The lowest BCUT2D eigenvalue weighted by molar-refractivity contribution is -0.0792. The zero-order chi connectivity index (χ0) is 12.9. The van der Waals surface area contributed by atoms with Crippen molar-refractivity contribution < 1.29 is 19.7 Å². The number of hydrogen-bond donors (Lipinski definition) is 2. The van der Waals surface area contributed by atoms with Gasteiger partial charge in [0.25, 0.3) is 0 Å². The van der Waals surface area contributed by atoms with E-state index in [1.165, 1.54) is 4.90 Å². The lowest BCUT2D eigenvalue weighted by Crippen LogP contribution is -2.48. The third-order valence-electron chi connectivity index (χ3n) is 3.02. The van der Waals surface area contributed by atoms with Crippen LogP contribution >= 0.6 is 0 Å². The molecule has 2 N–H and O–H groups in total. The summed E-state index contributed by atoms with van der Waals surface area (Å²) >= 11 is 0. The molecule has 1 aliphatic heterocycles. The molecule has 0 aromatic heterocycles. The van der Waals surface area contributed by atoms with Crippen molar-refractivity contribution in [1.82, 2.24) is 9.80 Å². The van der Waals surface area contributed by atoms with Crippen LogP contribution in [0.4, 0.5) is 4.79 Å². The first-order chi connectivity index (χ1) is 7.93. The zero-order valence-corrected chi connectivity index (χ0v) is 10.6. The topological polar surface area (TPSA) is 73.2 Å². The summed E-state index contributed by atoms with van der Waals surface area (Å²) in [6, 6.07) is 0. The van der Waals surface area contributed by atoms with Crippen LogP contribution in [-0.4, -0.2) is 78.7 Å². The van der Waals surface area contributed by atoms with Crippen LogP contribution in [0.1, 0.15) is 12.8 Å². The Labute approximate surface area is 102 Å². The van der Waals surface area contributed by atoms with Crippen molar-refractivity contribution in [1.29, 1.82) is 0 Å². The summed E-state index contributed by atoms with van der Waals surface area (Å²) in [6.45, 7) is 2.44. The second-order valence-electron chi connectivity index (χ2n) is 4.85. The zero-order valence-electron chi connectivity index (χ0n) is 10.6. The fourth-order valence-corrected chi connectivity index (χ4v) is 1.77. The van der Waals surface area contributed by atoms with E-state index in [4.69, 9.17) is 9.84 Å². The highest BCUT2D eigenvalue weighted by atomic mass is 16.5. The van der Waals surface area contributed by atoms with Gasteiger partial charge in [-0.25, -0.2) is 4.79 Å². The molecule has 0 atom stereocenters. The Balaban J connectivity index is 2.22. The molecule has 1 saturated heterocycles. The largest absolute Gasteiger partial charge is 0.465 e. The summed E-state index contributed by atoms with van der Waals surface area (Å²) < 4.78 is 5.43. The van der Waals surface area contributed by atoms with Crippen LogP contribution in [0.25, 0.3) is 0 Å². The highest BCUT2D eigenvalue weighted by molar-refractivity contribution is 5.65. The Morgan fingerprint density at radius 3 is 2.47 bits per heavy atom. The number of carbonyl (C=O) groups is 1. The SMILES string of the molecule is CN(C)CCOCC1(O)CCN(C(=O)O)CC1.